The average molecular weight is 286 g/mol. The van der Waals surface area contributed by atoms with E-state index in [0.717, 1.165) is 5.75 Å². The number of rotatable bonds is 6. The molecule has 0 radical (unpaired) electrons. The number of para-hydroxylation sites is 1. The highest BCUT2D eigenvalue weighted by atomic mass is 16.5. The summed E-state index contributed by atoms with van der Waals surface area (Å²) in [5, 5.41) is 11.5. The zero-order valence-corrected chi connectivity index (χ0v) is 11.9. The van der Waals surface area contributed by atoms with E-state index in [1.807, 2.05) is 30.3 Å². The minimum atomic E-state index is -0.287. The highest BCUT2D eigenvalue weighted by Crippen LogP contribution is 2.08. The van der Waals surface area contributed by atoms with Crippen molar-refractivity contribution in [3.63, 3.8) is 0 Å². The van der Waals surface area contributed by atoms with Crippen molar-refractivity contribution in [2.24, 2.45) is 0 Å². The number of ether oxygens (including phenoxy) is 1. The molecule has 0 bridgehead atoms. The molecule has 1 heterocycles. The number of benzene rings is 1. The zero-order chi connectivity index (χ0) is 15.1. The molecule has 1 aromatic carbocycles. The first-order valence-electron chi connectivity index (χ1n) is 6.80. The Labute approximate surface area is 124 Å². The fourth-order valence-electron chi connectivity index (χ4n) is 1.90. The molecular weight excluding hydrogens is 268 g/mol. The summed E-state index contributed by atoms with van der Waals surface area (Å²) < 4.78 is 6.14. The Bertz CT molecular complexity index is 587. The molecule has 0 spiro atoms. The largest absolute Gasteiger partial charge is 0.618 e. The van der Waals surface area contributed by atoms with Crippen molar-refractivity contribution < 1.29 is 14.3 Å². The van der Waals surface area contributed by atoms with Gasteiger partial charge >= 0.3 is 5.91 Å². The van der Waals surface area contributed by atoms with E-state index in [1.165, 1.54) is 17.2 Å². The molecule has 0 aliphatic heterocycles. The van der Waals surface area contributed by atoms with Gasteiger partial charge < -0.3 is 14.8 Å². The first kappa shape index (κ1) is 14.8. The summed E-state index contributed by atoms with van der Waals surface area (Å²) >= 11 is 0. The van der Waals surface area contributed by atoms with Gasteiger partial charge in [-0.05, 0) is 24.6 Å². The molecule has 110 valence electrons. The van der Waals surface area contributed by atoms with Crippen molar-refractivity contribution in [2.75, 3.05) is 20.2 Å². The minimum absolute atomic E-state index is 0.129. The van der Waals surface area contributed by atoms with Gasteiger partial charge in [0.25, 0.3) is 5.69 Å². The number of amides is 1. The first-order chi connectivity index (χ1) is 10.2. The fraction of sp³-hybridized carbons (Fsp3) is 0.250. The molecule has 0 saturated carbocycles. The summed E-state index contributed by atoms with van der Waals surface area (Å²) in [5.41, 5.74) is 0.129. The molecule has 0 aliphatic carbocycles. The first-order valence-corrected chi connectivity index (χ1v) is 6.80. The molecule has 0 unspecified atom stereocenters. The van der Waals surface area contributed by atoms with Crippen LogP contribution in [-0.4, -0.2) is 31.0 Å². The summed E-state index contributed by atoms with van der Waals surface area (Å²) in [6.07, 6.45) is 2.02. The fourth-order valence-corrected chi connectivity index (χ4v) is 1.90. The lowest BCUT2D eigenvalue weighted by Crippen LogP contribution is -2.40. The van der Waals surface area contributed by atoms with E-state index in [4.69, 9.17) is 4.74 Å². The molecule has 5 nitrogen and oxygen atoms in total. The Morgan fingerprint density at radius 1 is 1.19 bits per heavy atom. The SMILES string of the molecule is CN(CCCOc1ccccc1)C(=O)c1cccc[n+]1[O-]. The van der Waals surface area contributed by atoms with Gasteiger partial charge in [0.15, 0.2) is 6.20 Å². The van der Waals surface area contributed by atoms with E-state index in [0.29, 0.717) is 24.3 Å². The van der Waals surface area contributed by atoms with E-state index in [1.54, 1.807) is 19.2 Å². The molecule has 1 aromatic heterocycles. The standard InChI is InChI=1S/C16H18N2O3/c1-17(16(19)15-10-5-6-12-18(15)20)11-7-13-21-14-8-3-2-4-9-14/h2-6,8-10,12H,7,11,13H2,1H3. The lowest BCUT2D eigenvalue weighted by atomic mass is 10.3. The maximum Gasteiger partial charge on any atom is 0.319 e. The number of hydrogen-bond donors (Lipinski definition) is 0. The molecule has 0 N–H and O–H groups in total. The van der Waals surface area contributed by atoms with Crippen molar-refractivity contribution >= 4 is 5.91 Å². The predicted octanol–water partition coefficient (Wildman–Crippen LogP) is 1.86. The van der Waals surface area contributed by atoms with Gasteiger partial charge in [0.1, 0.15) is 5.75 Å². The second-order valence-electron chi connectivity index (χ2n) is 4.65. The molecule has 21 heavy (non-hydrogen) atoms. The molecule has 2 rings (SSSR count). The smallest absolute Gasteiger partial charge is 0.319 e. The molecule has 5 heteroatoms. The van der Waals surface area contributed by atoms with E-state index in [9.17, 15) is 10.0 Å². The summed E-state index contributed by atoms with van der Waals surface area (Å²) in [6.45, 7) is 1.05. The topological polar surface area (TPSA) is 56.5 Å². The quantitative estimate of drug-likeness (QED) is 0.463. The van der Waals surface area contributed by atoms with Gasteiger partial charge in [-0.15, -0.1) is 0 Å². The minimum Gasteiger partial charge on any atom is -0.618 e. The van der Waals surface area contributed by atoms with Crippen LogP contribution >= 0.6 is 0 Å². The predicted molar refractivity (Wildman–Crippen MR) is 78.9 cm³/mol. The van der Waals surface area contributed by atoms with Gasteiger partial charge in [-0.2, -0.15) is 4.73 Å². The number of aromatic nitrogens is 1. The van der Waals surface area contributed by atoms with Crippen LogP contribution in [-0.2, 0) is 0 Å². The van der Waals surface area contributed by atoms with Gasteiger partial charge in [-0.3, -0.25) is 4.79 Å². The van der Waals surface area contributed by atoms with Gasteiger partial charge in [0.05, 0.1) is 6.61 Å². The van der Waals surface area contributed by atoms with Crippen LogP contribution in [0.1, 0.15) is 16.9 Å². The third-order valence-corrected chi connectivity index (χ3v) is 3.04. The number of hydrogen-bond acceptors (Lipinski definition) is 3. The molecule has 0 atom stereocenters. The zero-order valence-electron chi connectivity index (χ0n) is 11.9. The second kappa shape index (κ2) is 7.28. The van der Waals surface area contributed by atoms with Crippen molar-refractivity contribution in [3.05, 3.63) is 65.6 Å². The highest BCUT2D eigenvalue weighted by molar-refractivity contribution is 5.90. The Hall–Kier alpha value is -2.56. The number of pyridine rings is 1. The van der Waals surface area contributed by atoms with Gasteiger partial charge in [-0.25, -0.2) is 0 Å². The molecule has 0 saturated heterocycles. The number of carbonyl (C=O) groups excluding carboxylic acids is 1. The van der Waals surface area contributed by atoms with Crippen molar-refractivity contribution in [1.29, 1.82) is 0 Å². The van der Waals surface area contributed by atoms with Crippen molar-refractivity contribution in [3.8, 4) is 5.75 Å². The van der Waals surface area contributed by atoms with E-state index >= 15 is 0 Å². The number of nitrogens with zero attached hydrogens (tertiary/aromatic N) is 2. The van der Waals surface area contributed by atoms with Crippen molar-refractivity contribution in [1.82, 2.24) is 4.90 Å². The van der Waals surface area contributed by atoms with Crippen LogP contribution in [0.25, 0.3) is 0 Å². The molecule has 1 amide bonds. The van der Waals surface area contributed by atoms with E-state index < -0.39 is 0 Å². The molecule has 2 aromatic rings. The second-order valence-corrected chi connectivity index (χ2v) is 4.65. The van der Waals surface area contributed by atoms with Gasteiger partial charge in [-0.1, -0.05) is 18.2 Å². The van der Waals surface area contributed by atoms with Crippen LogP contribution in [0.2, 0.25) is 0 Å². The Kier molecular flexibility index (Phi) is 5.15. The normalized spacial score (nSPS) is 10.1. The van der Waals surface area contributed by atoms with Crippen LogP contribution < -0.4 is 9.47 Å². The molecule has 0 aliphatic rings. The van der Waals surface area contributed by atoms with Crippen LogP contribution in [0.4, 0.5) is 0 Å². The summed E-state index contributed by atoms with van der Waals surface area (Å²) in [7, 11) is 1.68. The van der Waals surface area contributed by atoms with Gasteiger partial charge in [0, 0.05) is 25.7 Å². The Morgan fingerprint density at radius 3 is 2.62 bits per heavy atom. The maximum absolute atomic E-state index is 12.1. The number of carbonyl (C=O) groups is 1. The van der Waals surface area contributed by atoms with E-state index in [2.05, 4.69) is 0 Å². The third kappa shape index (κ3) is 4.21. The summed E-state index contributed by atoms with van der Waals surface area (Å²) in [5.74, 6) is 0.525. The summed E-state index contributed by atoms with van der Waals surface area (Å²) in [4.78, 5) is 13.6. The van der Waals surface area contributed by atoms with Crippen LogP contribution in [0.15, 0.2) is 54.7 Å². The Balaban J connectivity index is 1.78. The lowest BCUT2D eigenvalue weighted by molar-refractivity contribution is -0.608. The molecular formula is C16H18N2O3. The highest BCUT2D eigenvalue weighted by Gasteiger charge is 2.19. The van der Waals surface area contributed by atoms with Crippen molar-refractivity contribution in [2.45, 2.75) is 6.42 Å². The Morgan fingerprint density at radius 2 is 1.90 bits per heavy atom. The lowest BCUT2D eigenvalue weighted by Gasteiger charge is -2.16. The monoisotopic (exact) mass is 286 g/mol. The molecule has 0 fully saturated rings. The van der Waals surface area contributed by atoms with Crippen LogP contribution in [0, 0.1) is 5.21 Å². The summed E-state index contributed by atoms with van der Waals surface area (Å²) in [6, 6.07) is 14.3. The van der Waals surface area contributed by atoms with Crippen LogP contribution in [0.3, 0.4) is 0 Å². The van der Waals surface area contributed by atoms with Gasteiger partial charge in [0.2, 0.25) is 0 Å². The average Bonchev–Trinajstić information content (AvgIpc) is 2.52. The van der Waals surface area contributed by atoms with Crippen LogP contribution in [0.5, 0.6) is 5.75 Å². The third-order valence-electron chi connectivity index (χ3n) is 3.04. The van der Waals surface area contributed by atoms with E-state index in [-0.39, 0.29) is 11.6 Å². The maximum atomic E-state index is 12.1.